The van der Waals surface area contributed by atoms with Gasteiger partial charge in [-0.15, -0.1) is 11.3 Å². The normalized spacial score (nSPS) is 21.2. The lowest BCUT2D eigenvalue weighted by Gasteiger charge is -2.17. The van der Waals surface area contributed by atoms with Crippen molar-refractivity contribution in [3.8, 4) is 0 Å². The van der Waals surface area contributed by atoms with Crippen molar-refractivity contribution < 1.29 is 9.90 Å². The van der Waals surface area contributed by atoms with Crippen molar-refractivity contribution in [3.63, 3.8) is 0 Å². The van der Waals surface area contributed by atoms with Crippen molar-refractivity contribution in [1.29, 1.82) is 0 Å². The molecule has 0 saturated carbocycles. The Kier molecular flexibility index (Phi) is 3.08. The summed E-state index contributed by atoms with van der Waals surface area (Å²) in [5.74, 6) is -0.166. The second kappa shape index (κ2) is 4.75. The minimum atomic E-state index is -0.561. The van der Waals surface area contributed by atoms with Gasteiger partial charge in [0.2, 0.25) is 0 Å². The molecular weight excluding hydrogens is 260 g/mol. The third-order valence-electron chi connectivity index (χ3n) is 3.44. The molecule has 0 saturated heterocycles. The van der Waals surface area contributed by atoms with Crippen molar-refractivity contribution in [1.82, 2.24) is 10.3 Å². The van der Waals surface area contributed by atoms with E-state index in [0.717, 1.165) is 16.8 Å². The van der Waals surface area contributed by atoms with E-state index in [4.69, 9.17) is 0 Å². The smallest absolute Gasteiger partial charge is 0.263 e. The number of amides is 1. The molecule has 2 atom stereocenters. The first-order valence-corrected chi connectivity index (χ1v) is 7.01. The Morgan fingerprint density at radius 3 is 3.00 bits per heavy atom. The summed E-state index contributed by atoms with van der Waals surface area (Å²) < 4.78 is 0. The summed E-state index contributed by atoms with van der Waals surface area (Å²) in [5, 5.41) is 13.0. The van der Waals surface area contributed by atoms with Crippen LogP contribution in [0.5, 0.6) is 0 Å². The highest BCUT2D eigenvalue weighted by Crippen LogP contribution is 2.31. The first-order valence-electron chi connectivity index (χ1n) is 6.13. The Morgan fingerprint density at radius 2 is 2.26 bits per heavy atom. The molecule has 19 heavy (non-hydrogen) atoms. The minimum absolute atomic E-state index is 0.166. The van der Waals surface area contributed by atoms with Crippen LogP contribution in [-0.4, -0.2) is 22.1 Å². The first-order chi connectivity index (χ1) is 9.16. The van der Waals surface area contributed by atoms with Crippen molar-refractivity contribution in [2.24, 2.45) is 0 Å². The second-order valence-electron chi connectivity index (χ2n) is 4.69. The largest absolute Gasteiger partial charge is 0.390 e. The van der Waals surface area contributed by atoms with Crippen LogP contribution in [0.2, 0.25) is 0 Å². The number of thiazole rings is 1. The Bertz CT molecular complexity index is 623. The number of rotatable bonds is 2. The summed E-state index contributed by atoms with van der Waals surface area (Å²) in [7, 11) is 0. The average Bonchev–Trinajstić information content (AvgIpc) is 2.94. The monoisotopic (exact) mass is 274 g/mol. The molecule has 3 rings (SSSR count). The molecule has 4 nitrogen and oxygen atoms in total. The van der Waals surface area contributed by atoms with Gasteiger partial charge in [0.15, 0.2) is 0 Å². The minimum Gasteiger partial charge on any atom is -0.390 e. The molecule has 2 N–H and O–H groups in total. The van der Waals surface area contributed by atoms with E-state index in [1.54, 1.807) is 5.51 Å². The summed E-state index contributed by atoms with van der Waals surface area (Å²) >= 11 is 1.32. The predicted octanol–water partition coefficient (Wildman–Crippen LogP) is 1.84. The van der Waals surface area contributed by atoms with Crippen molar-refractivity contribution >= 4 is 17.2 Å². The van der Waals surface area contributed by atoms with E-state index in [9.17, 15) is 9.90 Å². The average molecular weight is 274 g/mol. The molecule has 0 bridgehead atoms. The molecule has 98 valence electrons. The van der Waals surface area contributed by atoms with Gasteiger partial charge in [-0.05, 0) is 18.1 Å². The standard InChI is InChI=1S/C14H14N2O2S/c1-8-13(19-7-15-8)14(18)16-12-10-5-3-2-4-9(10)6-11(12)17/h2-5,7,11-12,17H,6H2,1H3,(H,16,18)/t11-,12+/m1/s1. The number of benzene rings is 1. The van der Waals surface area contributed by atoms with E-state index in [2.05, 4.69) is 10.3 Å². The van der Waals surface area contributed by atoms with E-state index in [0.29, 0.717) is 11.3 Å². The zero-order chi connectivity index (χ0) is 13.4. The lowest BCUT2D eigenvalue weighted by molar-refractivity contribution is 0.0861. The zero-order valence-corrected chi connectivity index (χ0v) is 11.3. The Hall–Kier alpha value is -1.72. The molecule has 0 fully saturated rings. The molecule has 1 heterocycles. The highest BCUT2D eigenvalue weighted by Gasteiger charge is 2.32. The molecule has 0 spiro atoms. The van der Waals surface area contributed by atoms with Gasteiger partial charge in [-0.3, -0.25) is 4.79 Å². The molecule has 1 amide bonds. The van der Waals surface area contributed by atoms with Gasteiger partial charge >= 0.3 is 0 Å². The molecule has 1 aliphatic carbocycles. The summed E-state index contributed by atoms with van der Waals surface area (Å²) in [4.78, 5) is 16.9. The van der Waals surface area contributed by atoms with Crippen LogP contribution >= 0.6 is 11.3 Å². The molecule has 0 unspecified atom stereocenters. The van der Waals surface area contributed by atoms with Crippen LogP contribution in [0.3, 0.4) is 0 Å². The summed E-state index contributed by atoms with van der Waals surface area (Å²) in [6.45, 7) is 1.81. The van der Waals surface area contributed by atoms with Gasteiger partial charge in [-0.2, -0.15) is 0 Å². The number of hydrogen-bond acceptors (Lipinski definition) is 4. The van der Waals surface area contributed by atoms with Gasteiger partial charge in [0, 0.05) is 6.42 Å². The van der Waals surface area contributed by atoms with Crippen LogP contribution in [0, 0.1) is 6.92 Å². The molecule has 1 aliphatic rings. The Balaban J connectivity index is 1.84. The molecular formula is C14H14N2O2S. The van der Waals surface area contributed by atoms with E-state index in [1.807, 2.05) is 31.2 Å². The van der Waals surface area contributed by atoms with E-state index in [1.165, 1.54) is 11.3 Å². The molecule has 2 aromatic rings. The topological polar surface area (TPSA) is 62.2 Å². The van der Waals surface area contributed by atoms with Crippen LogP contribution in [0.1, 0.15) is 32.5 Å². The van der Waals surface area contributed by atoms with Gasteiger partial charge in [-0.1, -0.05) is 24.3 Å². The van der Waals surface area contributed by atoms with Crippen LogP contribution in [0.4, 0.5) is 0 Å². The van der Waals surface area contributed by atoms with E-state index >= 15 is 0 Å². The number of nitrogens with one attached hydrogen (secondary N) is 1. The maximum absolute atomic E-state index is 12.2. The van der Waals surface area contributed by atoms with Crippen LogP contribution in [0.15, 0.2) is 29.8 Å². The number of aryl methyl sites for hydroxylation is 1. The highest BCUT2D eigenvalue weighted by molar-refractivity contribution is 7.11. The molecule has 1 aromatic carbocycles. The number of carbonyl (C=O) groups is 1. The van der Waals surface area contributed by atoms with Crippen molar-refractivity contribution in [2.75, 3.05) is 0 Å². The van der Waals surface area contributed by atoms with Gasteiger partial charge in [0.05, 0.1) is 23.4 Å². The highest BCUT2D eigenvalue weighted by atomic mass is 32.1. The van der Waals surface area contributed by atoms with Crippen molar-refractivity contribution in [2.45, 2.75) is 25.5 Å². The fourth-order valence-electron chi connectivity index (χ4n) is 2.47. The molecule has 1 aromatic heterocycles. The third-order valence-corrected chi connectivity index (χ3v) is 4.37. The Morgan fingerprint density at radius 1 is 1.47 bits per heavy atom. The lowest BCUT2D eigenvalue weighted by atomic mass is 10.1. The SMILES string of the molecule is Cc1ncsc1C(=O)N[C@H]1c2ccccc2C[C@H]1O. The number of fused-ring (bicyclic) bond motifs is 1. The fraction of sp³-hybridized carbons (Fsp3) is 0.286. The van der Waals surface area contributed by atoms with Gasteiger partial charge in [-0.25, -0.2) is 4.98 Å². The lowest BCUT2D eigenvalue weighted by Crippen LogP contribution is -2.33. The summed E-state index contributed by atoms with van der Waals surface area (Å²) in [6.07, 6.45) is 0.0255. The summed E-state index contributed by atoms with van der Waals surface area (Å²) in [6, 6.07) is 7.49. The molecule has 0 aliphatic heterocycles. The Labute approximate surface area is 115 Å². The van der Waals surface area contributed by atoms with Gasteiger partial charge < -0.3 is 10.4 Å². The second-order valence-corrected chi connectivity index (χ2v) is 5.54. The maximum atomic E-state index is 12.2. The van der Waals surface area contributed by atoms with Gasteiger partial charge in [0.25, 0.3) is 5.91 Å². The summed E-state index contributed by atoms with van der Waals surface area (Å²) in [5.41, 5.74) is 4.48. The van der Waals surface area contributed by atoms with Gasteiger partial charge in [0.1, 0.15) is 4.88 Å². The van der Waals surface area contributed by atoms with E-state index < -0.39 is 6.10 Å². The third kappa shape index (κ3) is 2.15. The predicted molar refractivity (Wildman–Crippen MR) is 73.2 cm³/mol. The van der Waals surface area contributed by atoms with E-state index in [-0.39, 0.29) is 11.9 Å². The number of aliphatic hydroxyl groups is 1. The molecule has 0 radical (unpaired) electrons. The number of hydrogen-bond donors (Lipinski definition) is 2. The maximum Gasteiger partial charge on any atom is 0.263 e. The molecule has 5 heteroatoms. The van der Waals surface area contributed by atoms with Crippen LogP contribution in [0.25, 0.3) is 0 Å². The quantitative estimate of drug-likeness (QED) is 0.878. The zero-order valence-electron chi connectivity index (χ0n) is 10.5. The van der Waals surface area contributed by atoms with Crippen LogP contribution < -0.4 is 5.32 Å². The van der Waals surface area contributed by atoms with Crippen molar-refractivity contribution in [3.05, 3.63) is 51.5 Å². The first kappa shape index (κ1) is 12.3. The number of aromatic nitrogens is 1. The fourth-order valence-corrected chi connectivity index (χ4v) is 3.18. The number of nitrogens with zero attached hydrogens (tertiary/aromatic N) is 1. The number of aliphatic hydroxyl groups excluding tert-OH is 1. The number of carbonyl (C=O) groups excluding carboxylic acids is 1. The van der Waals surface area contributed by atoms with Crippen LogP contribution in [-0.2, 0) is 6.42 Å².